The van der Waals surface area contributed by atoms with Gasteiger partial charge in [0.2, 0.25) is 0 Å². The number of ether oxygens (including phenoxy) is 3. The molecule has 0 saturated carbocycles. The van der Waals surface area contributed by atoms with Gasteiger partial charge in [0.1, 0.15) is 6.10 Å². The molecule has 2 fully saturated rings. The van der Waals surface area contributed by atoms with Crippen molar-refractivity contribution in [2.45, 2.75) is 302 Å². The van der Waals surface area contributed by atoms with Crippen molar-refractivity contribution in [1.29, 1.82) is 0 Å². The van der Waals surface area contributed by atoms with Crippen molar-refractivity contribution in [2.24, 2.45) is 11.8 Å². The van der Waals surface area contributed by atoms with Crippen molar-refractivity contribution in [3.63, 3.8) is 0 Å². The first-order chi connectivity index (χ1) is 33.0. The first kappa shape index (κ1) is 67.1. The topological polar surface area (TPSA) is 94.1 Å². The number of allylic oxidation sites excluding steroid dienone is 2. The van der Waals surface area contributed by atoms with Crippen LogP contribution in [0.5, 0.6) is 0 Å². The van der Waals surface area contributed by atoms with Crippen LogP contribution in [0, 0.1) is 11.8 Å². The Balaban J connectivity index is 3.17. The summed E-state index contributed by atoms with van der Waals surface area (Å²) >= 11 is 0. The van der Waals surface area contributed by atoms with Crippen LogP contribution in [-0.2, 0) is 36.3 Å². The van der Waals surface area contributed by atoms with Gasteiger partial charge in [-0.1, -0.05) is 155 Å². The van der Waals surface area contributed by atoms with Crippen molar-refractivity contribution >= 4 is 41.6 Å². The van der Waals surface area contributed by atoms with Crippen LogP contribution in [0.2, 0.25) is 90.7 Å². The molecule has 2 rings (SSSR count). The maximum Gasteiger partial charge on any atom is 0.198 e. The van der Waals surface area contributed by atoms with Gasteiger partial charge in [-0.2, -0.15) is 0 Å². The maximum absolute atomic E-state index is 10.0. The second-order valence-electron chi connectivity index (χ2n) is 25.0. The second kappa shape index (κ2) is 28.5. The van der Waals surface area contributed by atoms with E-state index in [9.17, 15) is 5.11 Å². The van der Waals surface area contributed by atoms with E-state index in [0.29, 0.717) is 25.7 Å². The van der Waals surface area contributed by atoms with Crippen molar-refractivity contribution in [3.8, 4) is 0 Å². The SMILES string of the molecule is C=C/C=C/[C@H](CC(=C)C[C@H]1O[C@@H]([C@H](O[Si](CC)(CC)CC)[C@@]2(OC)C[C@H](O[Si](C)(C)C(C)(C)C)[C@@H](C)[C@@H](CCCCO)O2)[C@H](C)[C@@H](O[Si](CC)(CC)CC)[C@@H]1O[Si](CC)(CC)CC)O[Si](C)(C)C(C)(C)C. The van der Waals surface area contributed by atoms with Crippen LogP contribution in [0.25, 0.3) is 0 Å². The zero-order valence-corrected chi connectivity index (χ0v) is 55.4. The predicted octanol–water partition coefficient (Wildman–Crippen LogP) is 16.4. The van der Waals surface area contributed by atoms with Crippen molar-refractivity contribution < 1.29 is 41.4 Å². The molecule has 0 radical (unpaired) electrons. The summed E-state index contributed by atoms with van der Waals surface area (Å²) in [6.07, 6.45) is 7.68. The number of hydrogen-bond donors (Lipinski definition) is 1. The predicted molar refractivity (Wildman–Crippen MR) is 315 cm³/mol. The minimum Gasteiger partial charge on any atom is -0.413 e. The van der Waals surface area contributed by atoms with E-state index in [1.54, 1.807) is 0 Å². The molecule has 0 amide bonds. The van der Waals surface area contributed by atoms with Crippen molar-refractivity contribution in [1.82, 2.24) is 0 Å². The molecule has 11 atom stereocenters. The largest absolute Gasteiger partial charge is 0.413 e. The molecule has 0 aromatic rings. The van der Waals surface area contributed by atoms with E-state index in [2.05, 4.69) is 157 Å². The standard InChI is InChI=1S/C57H116O9Si5/c1-25-35-38-47(62-67(21,22)55(14,15)16)41-44(11)42-49-53(65-70(29-5,30-6)31-7)51(64-69(26-2,27-3)28-4)46(13)52(60-49)54(66-71(32-8,33-9)34-10)57(59-20)43-50(63-68(23,24)56(17,18)19)45(12)48(61-57)39-36-37-40-58/h25,35,38,45-54,58H,1,11,26-34,36-37,39-43H2,2-10,12-24H3/b38-35+/t45-,46+,47+,48+,49+,50-,51+,52+,53+,54-,57+/m0/s1. The normalized spacial score (nSPS) is 27.5. The third-order valence-corrected chi connectivity index (χ3v) is 41.8. The highest BCUT2D eigenvalue weighted by molar-refractivity contribution is 6.75. The molecule has 0 aliphatic carbocycles. The molecule has 2 saturated heterocycles. The molecule has 9 nitrogen and oxygen atoms in total. The molecule has 418 valence electrons. The second-order valence-corrected chi connectivity index (χ2v) is 48.7. The van der Waals surface area contributed by atoms with E-state index < -0.39 is 59.6 Å². The van der Waals surface area contributed by atoms with Crippen LogP contribution in [0.15, 0.2) is 37.0 Å². The summed E-state index contributed by atoms with van der Waals surface area (Å²) in [6.45, 7) is 57.9. The van der Waals surface area contributed by atoms with E-state index in [1.807, 2.05) is 19.3 Å². The van der Waals surface area contributed by atoms with Crippen LogP contribution in [-0.4, -0.2) is 115 Å². The molecule has 14 heteroatoms. The van der Waals surface area contributed by atoms with E-state index in [-0.39, 0.29) is 65.1 Å². The maximum atomic E-state index is 10.0. The van der Waals surface area contributed by atoms with Crippen molar-refractivity contribution in [2.75, 3.05) is 13.7 Å². The van der Waals surface area contributed by atoms with Gasteiger partial charge in [-0.3, -0.25) is 0 Å². The highest BCUT2D eigenvalue weighted by Gasteiger charge is 2.61. The average Bonchev–Trinajstić information content (AvgIpc) is 3.32. The van der Waals surface area contributed by atoms with Gasteiger partial charge in [0.25, 0.3) is 0 Å². The Bertz CT molecular complexity index is 1580. The molecule has 0 aromatic heterocycles. The van der Waals surface area contributed by atoms with Gasteiger partial charge in [0, 0.05) is 32.0 Å². The minimum absolute atomic E-state index is 0.00631. The third kappa shape index (κ3) is 17.0. The Labute approximate surface area is 444 Å². The molecule has 0 bridgehead atoms. The number of aliphatic hydroxyl groups excluding tert-OH is 1. The van der Waals surface area contributed by atoms with Crippen LogP contribution in [0.3, 0.4) is 0 Å². The molecule has 2 aliphatic rings. The number of methoxy groups -OCH3 is 1. The quantitative estimate of drug-likeness (QED) is 0.0306. The first-order valence-electron chi connectivity index (χ1n) is 28.8. The number of hydrogen-bond acceptors (Lipinski definition) is 9. The van der Waals surface area contributed by atoms with Gasteiger partial charge in [-0.15, -0.1) is 0 Å². The van der Waals surface area contributed by atoms with Gasteiger partial charge in [0.05, 0.1) is 42.7 Å². The van der Waals surface area contributed by atoms with Crippen molar-refractivity contribution in [3.05, 3.63) is 37.0 Å². The van der Waals surface area contributed by atoms with Crippen LogP contribution < -0.4 is 0 Å². The molecule has 0 spiro atoms. The van der Waals surface area contributed by atoms with E-state index >= 15 is 0 Å². The highest BCUT2D eigenvalue weighted by atomic mass is 28.4. The highest BCUT2D eigenvalue weighted by Crippen LogP contribution is 2.50. The summed E-state index contributed by atoms with van der Waals surface area (Å²) in [6, 6.07) is 9.06. The molecule has 1 N–H and O–H groups in total. The van der Waals surface area contributed by atoms with E-state index in [4.69, 9.17) is 42.9 Å². The summed E-state index contributed by atoms with van der Waals surface area (Å²) in [5.74, 6) is -1.22. The zero-order valence-electron chi connectivity index (χ0n) is 50.4. The lowest BCUT2D eigenvalue weighted by molar-refractivity contribution is -0.353. The fourth-order valence-electron chi connectivity index (χ4n) is 10.8. The molecular formula is C57H116O9Si5. The average molecular weight is 1090 g/mol. The van der Waals surface area contributed by atoms with Gasteiger partial charge < -0.3 is 41.4 Å². The van der Waals surface area contributed by atoms with Gasteiger partial charge in [-0.05, 0) is 123 Å². The Morgan fingerprint density at radius 1 is 0.690 bits per heavy atom. The lowest BCUT2D eigenvalue weighted by Gasteiger charge is -2.58. The van der Waals surface area contributed by atoms with E-state index in [0.717, 1.165) is 72.8 Å². The lowest BCUT2D eigenvalue weighted by Crippen LogP contribution is -2.70. The summed E-state index contributed by atoms with van der Waals surface area (Å²) in [7, 11) is -9.50. The van der Waals surface area contributed by atoms with Crippen LogP contribution in [0.4, 0.5) is 0 Å². The van der Waals surface area contributed by atoms with E-state index in [1.165, 1.54) is 0 Å². The summed E-state index contributed by atoms with van der Waals surface area (Å²) in [4.78, 5) is 0. The number of aliphatic hydroxyl groups is 1. The van der Waals surface area contributed by atoms with Gasteiger partial charge in [-0.25, -0.2) is 0 Å². The Morgan fingerprint density at radius 2 is 1.18 bits per heavy atom. The first-order valence-corrected chi connectivity index (χ1v) is 42.2. The zero-order chi connectivity index (χ0) is 54.4. The molecule has 0 unspecified atom stereocenters. The summed E-state index contributed by atoms with van der Waals surface area (Å²) in [5.41, 5.74) is 1.07. The Hall–Kier alpha value is -0.0556. The monoisotopic (exact) mass is 1080 g/mol. The van der Waals surface area contributed by atoms with Crippen LogP contribution >= 0.6 is 0 Å². The molecule has 0 aromatic carbocycles. The smallest absolute Gasteiger partial charge is 0.198 e. The van der Waals surface area contributed by atoms with Gasteiger partial charge in [0.15, 0.2) is 47.4 Å². The molecule has 2 aliphatic heterocycles. The number of rotatable bonds is 32. The fourth-order valence-corrected chi connectivity index (χ4v) is 22.1. The number of unbranched alkanes of at least 4 members (excludes halogenated alkanes) is 1. The molecule has 2 heterocycles. The summed E-state index contributed by atoms with van der Waals surface area (Å²) in [5, 5.41) is 10.1. The summed E-state index contributed by atoms with van der Waals surface area (Å²) < 4.78 is 61.2. The van der Waals surface area contributed by atoms with Crippen LogP contribution in [0.1, 0.15) is 156 Å². The third-order valence-electron chi connectivity index (χ3n) is 18.9. The fraction of sp³-hybridized carbons (Fsp3) is 0.895. The lowest BCUT2D eigenvalue weighted by atomic mass is 9.78. The molecular weight excluding hydrogens is 969 g/mol. The molecule has 71 heavy (non-hydrogen) atoms. The Morgan fingerprint density at radius 3 is 1.62 bits per heavy atom. The van der Waals surface area contributed by atoms with Gasteiger partial charge >= 0.3 is 0 Å². The Kier molecular flexibility index (Phi) is 26.9. The minimum atomic E-state index is -2.41.